The number of benzene rings is 3. The monoisotopic (exact) mass is 372 g/mol. The fourth-order valence-corrected chi connectivity index (χ4v) is 2.35. The third-order valence-corrected chi connectivity index (χ3v) is 3.68. The van der Waals surface area contributed by atoms with E-state index in [9.17, 15) is 9.59 Å². The number of carbonyl (C=O) groups excluding carboxylic acids is 2. The molecule has 0 saturated heterocycles. The minimum Gasteiger partial charge on any atom is -0.457 e. The molecule has 0 aromatic heterocycles. The van der Waals surface area contributed by atoms with Crippen LogP contribution < -0.4 is 10.1 Å². The van der Waals surface area contributed by atoms with Crippen LogP contribution in [0.5, 0.6) is 11.5 Å². The summed E-state index contributed by atoms with van der Waals surface area (Å²) in [6.45, 7) is -0.428. The third kappa shape index (κ3) is 5.19. The van der Waals surface area contributed by atoms with Crippen molar-refractivity contribution in [3.05, 3.63) is 90.0 Å². The predicted molar refractivity (Wildman–Crippen MR) is 103 cm³/mol. The van der Waals surface area contributed by atoms with Gasteiger partial charge in [-0.25, -0.2) is 4.79 Å². The van der Waals surface area contributed by atoms with Crippen LogP contribution in [0.15, 0.2) is 78.9 Å². The van der Waals surface area contributed by atoms with Gasteiger partial charge in [-0.3, -0.25) is 4.79 Å². The number of hydrogen-bond acceptors (Lipinski definition) is 5. The molecule has 0 heterocycles. The van der Waals surface area contributed by atoms with Crippen molar-refractivity contribution in [1.29, 1.82) is 5.26 Å². The number of amides is 1. The van der Waals surface area contributed by atoms with Crippen LogP contribution in [-0.2, 0) is 9.53 Å². The summed E-state index contributed by atoms with van der Waals surface area (Å²) in [5.41, 5.74) is 1.28. The maximum absolute atomic E-state index is 12.2. The average molecular weight is 372 g/mol. The summed E-state index contributed by atoms with van der Waals surface area (Å²) in [5, 5.41) is 11.4. The molecule has 6 heteroatoms. The Hall–Kier alpha value is -4.11. The lowest BCUT2D eigenvalue weighted by molar-refractivity contribution is -0.119. The molecular weight excluding hydrogens is 356 g/mol. The number of nitriles is 1. The summed E-state index contributed by atoms with van der Waals surface area (Å²) in [6.07, 6.45) is 0. The highest BCUT2D eigenvalue weighted by molar-refractivity contribution is 5.95. The maximum atomic E-state index is 12.2. The van der Waals surface area contributed by atoms with E-state index in [-0.39, 0.29) is 5.56 Å². The van der Waals surface area contributed by atoms with Crippen molar-refractivity contribution < 1.29 is 19.1 Å². The summed E-state index contributed by atoms with van der Waals surface area (Å²) in [5.74, 6) is 0.0285. The smallest absolute Gasteiger partial charge is 0.338 e. The topological polar surface area (TPSA) is 88.4 Å². The Kier molecular flexibility index (Phi) is 6.01. The van der Waals surface area contributed by atoms with Gasteiger partial charge < -0.3 is 14.8 Å². The molecule has 1 N–H and O–H groups in total. The largest absolute Gasteiger partial charge is 0.457 e. The molecule has 0 aliphatic heterocycles. The molecule has 3 aromatic rings. The van der Waals surface area contributed by atoms with E-state index in [4.69, 9.17) is 14.7 Å². The molecule has 0 saturated carbocycles. The van der Waals surface area contributed by atoms with Gasteiger partial charge in [0.1, 0.15) is 11.5 Å². The summed E-state index contributed by atoms with van der Waals surface area (Å²) in [6, 6.07) is 24.1. The van der Waals surface area contributed by atoms with Crippen LogP contribution in [0.4, 0.5) is 5.69 Å². The first kappa shape index (κ1) is 18.7. The molecule has 0 unspecified atom stereocenters. The van der Waals surface area contributed by atoms with E-state index in [1.807, 2.05) is 24.3 Å². The van der Waals surface area contributed by atoms with Crippen molar-refractivity contribution in [3.63, 3.8) is 0 Å². The van der Waals surface area contributed by atoms with Gasteiger partial charge >= 0.3 is 5.97 Å². The lowest BCUT2D eigenvalue weighted by Crippen LogP contribution is -2.20. The highest BCUT2D eigenvalue weighted by Crippen LogP contribution is 2.22. The molecule has 138 valence electrons. The zero-order valence-electron chi connectivity index (χ0n) is 14.8. The lowest BCUT2D eigenvalue weighted by atomic mass is 10.2. The standard InChI is InChI=1S/C22H16N2O4/c23-14-16-9-11-18(12-10-16)24-21(25)15-27-22(26)17-5-4-8-20(13-17)28-19-6-2-1-3-7-19/h1-13H,15H2,(H,24,25). The lowest BCUT2D eigenvalue weighted by Gasteiger charge is -2.09. The van der Waals surface area contributed by atoms with Crippen molar-refractivity contribution in [1.82, 2.24) is 0 Å². The van der Waals surface area contributed by atoms with E-state index in [1.54, 1.807) is 60.7 Å². The normalized spacial score (nSPS) is 9.82. The predicted octanol–water partition coefficient (Wildman–Crippen LogP) is 4.15. The number of nitrogens with zero attached hydrogens (tertiary/aromatic N) is 1. The number of hydrogen-bond donors (Lipinski definition) is 1. The first-order valence-electron chi connectivity index (χ1n) is 8.44. The molecule has 0 atom stereocenters. The Morgan fingerprint density at radius 1 is 0.893 bits per heavy atom. The number of esters is 1. The fraction of sp³-hybridized carbons (Fsp3) is 0.0455. The van der Waals surface area contributed by atoms with Gasteiger partial charge in [-0.05, 0) is 54.6 Å². The van der Waals surface area contributed by atoms with Gasteiger partial charge in [0.2, 0.25) is 0 Å². The van der Waals surface area contributed by atoms with E-state index >= 15 is 0 Å². The fourth-order valence-electron chi connectivity index (χ4n) is 2.35. The van der Waals surface area contributed by atoms with Gasteiger partial charge in [-0.15, -0.1) is 0 Å². The number of carbonyl (C=O) groups is 2. The highest BCUT2D eigenvalue weighted by atomic mass is 16.5. The molecule has 6 nitrogen and oxygen atoms in total. The van der Waals surface area contributed by atoms with Gasteiger partial charge in [0.05, 0.1) is 17.2 Å². The first-order valence-corrected chi connectivity index (χ1v) is 8.44. The van der Waals surface area contributed by atoms with E-state index in [2.05, 4.69) is 5.32 Å². The number of ether oxygens (including phenoxy) is 2. The average Bonchev–Trinajstić information content (AvgIpc) is 2.73. The highest BCUT2D eigenvalue weighted by Gasteiger charge is 2.12. The summed E-state index contributed by atoms with van der Waals surface area (Å²) < 4.78 is 10.7. The molecule has 0 spiro atoms. The number of rotatable bonds is 6. The molecule has 0 aliphatic rings. The van der Waals surface area contributed by atoms with Crippen molar-refractivity contribution in [2.75, 3.05) is 11.9 Å². The van der Waals surface area contributed by atoms with Crippen LogP contribution in [0.2, 0.25) is 0 Å². The van der Waals surface area contributed by atoms with Crippen LogP contribution >= 0.6 is 0 Å². The second kappa shape index (κ2) is 9.01. The van der Waals surface area contributed by atoms with E-state index < -0.39 is 18.5 Å². The number of nitrogens with one attached hydrogen (secondary N) is 1. The Morgan fingerprint density at radius 2 is 1.61 bits per heavy atom. The zero-order chi connectivity index (χ0) is 19.8. The van der Waals surface area contributed by atoms with E-state index in [1.165, 1.54) is 0 Å². The zero-order valence-corrected chi connectivity index (χ0v) is 14.8. The Morgan fingerprint density at radius 3 is 2.32 bits per heavy atom. The van der Waals surface area contributed by atoms with Crippen LogP contribution in [-0.4, -0.2) is 18.5 Å². The van der Waals surface area contributed by atoms with Crippen molar-refractivity contribution in [2.45, 2.75) is 0 Å². The second-order valence-corrected chi connectivity index (χ2v) is 5.76. The van der Waals surface area contributed by atoms with Crippen LogP contribution in [0.25, 0.3) is 0 Å². The minimum absolute atomic E-state index is 0.277. The van der Waals surface area contributed by atoms with Gasteiger partial charge in [-0.1, -0.05) is 24.3 Å². The second-order valence-electron chi connectivity index (χ2n) is 5.76. The van der Waals surface area contributed by atoms with E-state index in [0.717, 1.165) is 0 Å². The minimum atomic E-state index is -0.631. The van der Waals surface area contributed by atoms with E-state index in [0.29, 0.717) is 22.7 Å². The van der Waals surface area contributed by atoms with Crippen molar-refractivity contribution >= 4 is 17.6 Å². The van der Waals surface area contributed by atoms with Gasteiger partial charge in [0.15, 0.2) is 6.61 Å². The van der Waals surface area contributed by atoms with Crippen LogP contribution in [0.3, 0.4) is 0 Å². The Bertz CT molecular complexity index is 1010. The molecule has 28 heavy (non-hydrogen) atoms. The quantitative estimate of drug-likeness (QED) is 0.657. The summed E-state index contributed by atoms with van der Waals surface area (Å²) in [7, 11) is 0. The Balaban J connectivity index is 1.54. The summed E-state index contributed by atoms with van der Waals surface area (Å²) in [4.78, 5) is 24.1. The van der Waals surface area contributed by atoms with Gasteiger partial charge in [0, 0.05) is 5.69 Å². The SMILES string of the molecule is N#Cc1ccc(NC(=O)COC(=O)c2cccc(Oc3ccccc3)c2)cc1. The van der Waals surface area contributed by atoms with Crippen molar-refractivity contribution in [3.8, 4) is 17.6 Å². The molecule has 0 fully saturated rings. The molecule has 3 aromatic carbocycles. The van der Waals surface area contributed by atoms with Gasteiger partial charge in [0.25, 0.3) is 5.91 Å². The molecule has 0 radical (unpaired) electrons. The molecular formula is C22H16N2O4. The maximum Gasteiger partial charge on any atom is 0.338 e. The van der Waals surface area contributed by atoms with Crippen LogP contribution in [0, 0.1) is 11.3 Å². The number of anilines is 1. The Labute approximate surface area is 161 Å². The molecule has 0 aliphatic carbocycles. The first-order chi connectivity index (χ1) is 13.6. The van der Waals surface area contributed by atoms with Crippen molar-refractivity contribution in [2.24, 2.45) is 0 Å². The summed E-state index contributed by atoms with van der Waals surface area (Å²) >= 11 is 0. The van der Waals surface area contributed by atoms with Gasteiger partial charge in [-0.2, -0.15) is 5.26 Å². The third-order valence-electron chi connectivity index (χ3n) is 3.68. The number of para-hydroxylation sites is 1. The van der Waals surface area contributed by atoms with Crippen LogP contribution in [0.1, 0.15) is 15.9 Å². The molecule has 0 bridgehead atoms. The molecule has 3 rings (SSSR count). The molecule has 1 amide bonds.